The fraction of sp³-hybridized carbons (Fsp3) is 0.227. The number of rotatable bonds is 9. The van der Waals surface area contributed by atoms with E-state index >= 15 is 0 Å². The third-order valence-corrected chi connectivity index (χ3v) is 4.73. The summed E-state index contributed by atoms with van der Waals surface area (Å²) in [7, 11) is 0. The Morgan fingerprint density at radius 1 is 1.07 bits per heavy atom. The number of fused-ring (bicyclic) bond motifs is 3. The molecule has 1 aliphatic carbocycles. The summed E-state index contributed by atoms with van der Waals surface area (Å²) < 4.78 is 10.3. The summed E-state index contributed by atoms with van der Waals surface area (Å²) in [6.07, 6.45) is 0.528. The van der Waals surface area contributed by atoms with Crippen molar-refractivity contribution >= 4 is 17.9 Å². The Kier molecular flexibility index (Phi) is 6.82. The van der Waals surface area contributed by atoms with E-state index in [9.17, 15) is 14.4 Å². The molecule has 156 valence electrons. The Morgan fingerprint density at radius 2 is 1.67 bits per heavy atom. The van der Waals surface area contributed by atoms with Gasteiger partial charge in [0.2, 0.25) is 11.8 Å². The molecule has 0 saturated carbocycles. The number of alkyl carbamates (subject to hydrolysis) is 1. The molecule has 2 aromatic rings. The van der Waals surface area contributed by atoms with Crippen LogP contribution < -0.4 is 16.4 Å². The largest absolute Gasteiger partial charge is 0.449 e. The zero-order chi connectivity index (χ0) is 21.5. The van der Waals surface area contributed by atoms with Gasteiger partial charge in [-0.2, -0.15) is 0 Å². The number of hydrogen-bond donors (Lipinski definition) is 3. The molecule has 1 atom stereocenters. The van der Waals surface area contributed by atoms with Gasteiger partial charge >= 0.3 is 6.09 Å². The van der Waals surface area contributed by atoms with Crippen LogP contribution in [-0.4, -0.2) is 43.9 Å². The number of carbonyl (C=O) groups is 3. The van der Waals surface area contributed by atoms with Gasteiger partial charge in [-0.3, -0.25) is 9.59 Å². The number of benzene rings is 2. The third-order valence-electron chi connectivity index (χ3n) is 4.73. The van der Waals surface area contributed by atoms with E-state index in [4.69, 9.17) is 15.2 Å². The van der Waals surface area contributed by atoms with Crippen LogP contribution in [-0.2, 0) is 19.1 Å². The Hall–Kier alpha value is -3.65. The molecular formula is C22H23N3O5. The average molecular weight is 409 g/mol. The maximum atomic E-state index is 12.3. The Morgan fingerprint density at radius 3 is 2.23 bits per heavy atom. The van der Waals surface area contributed by atoms with Gasteiger partial charge in [0.25, 0.3) is 0 Å². The molecule has 0 radical (unpaired) electrons. The van der Waals surface area contributed by atoms with Crippen molar-refractivity contribution in [1.82, 2.24) is 10.6 Å². The Bertz CT molecular complexity index is 914. The normalized spacial score (nSPS) is 12.9. The van der Waals surface area contributed by atoms with Crippen molar-refractivity contribution in [2.45, 2.75) is 12.0 Å². The lowest BCUT2D eigenvalue weighted by Crippen LogP contribution is -2.46. The first-order valence-electron chi connectivity index (χ1n) is 9.39. The van der Waals surface area contributed by atoms with E-state index in [2.05, 4.69) is 17.2 Å². The molecule has 0 saturated heterocycles. The third kappa shape index (κ3) is 4.84. The van der Waals surface area contributed by atoms with Gasteiger partial charge in [-0.05, 0) is 22.3 Å². The minimum Gasteiger partial charge on any atom is -0.449 e. The molecule has 30 heavy (non-hydrogen) atoms. The number of ether oxygens (including phenoxy) is 2. The molecule has 8 heteroatoms. The number of nitrogens with one attached hydrogen (secondary N) is 2. The van der Waals surface area contributed by atoms with Gasteiger partial charge < -0.3 is 25.8 Å². The highest BCUT2D eigenvalue weighted by Gasteiger charge is 2.29. The molecule has 0 spiro atoms. The predicted octanol–water partition coefficient (Wildman–Crippen LogP) is 1.66. The van der Waals surface area contributed by atoms with E-state index in [1.165, 1.54) is 6.08 Å². The topological polar surface area (TPSA) is 120 Å². The summed E-state index contributed by atoms with van der Waals surface area (Å²) in [5, 5.41) is 4.86. The zero-order valence-corrected chi connectivity index (χ0v) is 16.3. The molecule has 0 fully saturated rings. The van der Waals surface area contributed by atoms with Crippen LogP contribution in [0, 0.1) is 0 Å². The molecular weight excluding hydrogens is 386 g/mol. The molecule has 2 aromatic carbocycles. The fourth-order valence-electron chi connectivity index (χ4n) is 3.38. The maximum absolute atomic E-state index is 12.3. The van der Waals surface area contributed by atoms with E-state index in [-0.39, 0.29) is 25.9 Å². The van der Waals surface area contributed by atoms with Crippen LogP contribution in [0.4, 0.5) is 4.79 Å². The lowest BCUT2D eigenvalue weighted by molar-refractivity contribution is -0.127. The number of nitrogens with two attached hydrogens (primary N) is 1. The quantitative estimate of drug-likeness (QED) is 0.331. The highest BCUT2D eigenvalue weighted by Crippen LogP contribution is 2.44. The second-order valence-electron chi connectivity index (χ2n) is 6.68. The van der Waals surface area contributed by atoms with E-state index in [1.54, 1.807) is 0 Å². The van der Waals surface area contributed by atoms with Crippen LogP contribution in [0.25, 0.3) is 11.1 Å². The van der Waals surface area contributed by atoms with Crippen LogP contribution in [0.2, 0.25) is 0 Å². The monoisotopic (exact) mass is 409 g/mol. The molecule has 0 heterocycles. The summed E-state index contributed by atoms with van der Waals surface area (Å²) in [5.41, 5.74) is 9.38. The van der Waals surface area contributed by atoms with Crippen LogP contribution in [0.5, 0.6) is 0 Å². The summed E-state index contributed by atoms with van der Waals surface area (Å²) >= 11 is 0. The lowest BCUT2D eigenvalue weighted by atomic mass is 9.98. The van der Waals surface area contributed by atoms with E-state index in [1.807, 2.05) is 48.5 Å². The van der Waals surface area contributed by atoms with Crippen molar-refractivity contribution < 1.29 is 23.9 Å². The number of amides is 3. The van der Waals surface area contributed by atoms with E-state index in [0.717, 1.165) is 22.3 Å². The fourth-order valence-corrected chi connectivity index (χ4v) is 3.38. The van der Waals surface area contributed by atoms with Crippen molar-refractivity contribution in [3.8, 4) is 11.1 Å². The van der Waals surface area contributed by atoms with Crippen molar-refractivity contribution in [1.29, 1.82) is 0 Å². The molecule has 8 nitrogen and oxygen atoms in total. The highest BCUT2D eigenvalue weighted by atomic mass is 16.5. The van der Waals surface area contributed by atoms with Gasteiger partial charge in [0.15, 0.2) is 0 Å². The number of primary amides is 1. The molecule has 3 rings (SSSR count). The first-order valence-corrected chi connectivity index (χ1v) is 9.39. The molecule has 1 aliphatic rings. The smallest absolute Gasteiger partial charge is 0.408 e. The van der Waals surface area contributed by atoms with Crippen LogP contribution in [0.1, 0.15) is 17.0 Å². The Balaban J connectivity index is 1.56. The van der Waals surface area contributed by atoms with Gasteiger partial charge in [0.05, 0.1) is 0 Å². The standard InChI is InChI=1S/C22H23N3O5/c1-2-19(21(27)24-13-29-12-20(23)26)25-22(28)30-11-18-16-9-5-3-7-14(16)15-8-4-6-10-17(15)18/h2-10,18-19H,1,11-13H2,(H2,23,26)(H,24,27)(H,25,28)/t19-/m0/s1. The number of hydrogen-bond acceptors (Lipinski definition) is 5. The molecule has 3 amide bonds. The SMILES string of the molecule is C=C[C@H](NC(=O)OCC1c2ccccc2-c2ccccc21)C(=O)NCOCC(N)=O. The van der Waals surface area contributed by atoms with Crippen LogP contribution >= 0.6 is 0 Å². The molecule has 0 bridgehead atoms. The highest BCUT2D eigenvalue weighted by molar-refractivity contribution is 5.87. The van der Waals surface area contributed by atoms with Crippen molar-refractivity contribution in [2.75, 3.05) is 19.9 Å². The molecule has 0 aromatic heterocycles. The van der Waals surface area contributed by atoms with E-state index < -0.39 is 23.9 Å². The van der Waals surface area contributed by atoms with Crippen LogP contribution in [0.15, 0.2) is 61.2 Å². The van der Waals surface area contributed by atoms with Crippen LogP contribution in [0.3, 0.4) is 0 Å². The van der Waals surface area contributed by atoms with Crippen molar-refractivity contribution in [3.63, 3.8) is 0 Å². The van der Waals surface area contributed by atoms with Gasteiger partial charge in [-0.15, -0.1) is 6.58 Å². The first kappa shape index (κ1) is 21.1. The van der Waals surface area contributed by atoms with Gasteiger partial charge in [-0.1, -0.05) is 54.6 Å². The summed E-state index contributed by atoms with van der Waals surface area (Å²) in [6.45, 7) is 3.13. The Labute approximate surface area is 174 Å². The molecule has 0 unspecified atom stereocenters. The average Bonchev–Trinajstić information content (AvgIpc) is 3.07. The molecule has 0 aliphatic heterocycles. The lowest BCUT2D eigenvalue weighted by Gasteiger charge is -2.17. The van der Waals surface area contributed by atoms with Gasteiger partial charge in [0.1, 0.15) is 26.0 Å². The maximum Gasteiger partial charge on any atom is 0.408 e. The molecule has 4 N–H and O–H groups in total. The number of carbonyl (C=O) groups excluding carboxylic acids is 3. The summed E-state index contributed by atoms with van der Waals surface area (Å²) in [4.78, 5) is 35.0. The van der Waals surface area contributed by atoms with Crippen molar-refractivity contribution in [2.24, 2.45) is 5.73 Å². The van der Waals surface area contributed by atoms with Crippen molar-refractivity contribution in [3.05, 3.63) is 72.3 Å². The predicted molar refractivity (Wildman–Crippen MR) is 110 cm³/mol. The van der Waals surface area contributed by atoms with Gasteiger partial charge in [0, 0.05) is 5.92 Å². The minimum atomic E-state index is -1.02. The zero-order valence-electron chi connectivity index (χ0n) is 16.3. The van der Waals surface area contributed by atoms with E-state index in [0.29, 0.717) is 0 Å². The summed E-state index contributed by atoms with van der Waals surface area (Å²) in [6, 6.07) is 15.0. The minimum absolute atomic E-state index is 0.0821. The summed E-state index contributed by atoms with van der Waals surface area (Å²) in [5.74, 6) is -1.29. The second kappa shape index (κ2) is 9.71. The second-order valence-corrected chi connectivity index (χ2v) is 6.68. The first-order chi connectivity index (χ1) is 14.5. The van der Waals surface area contributed by atoms with Gasteiger partial charge in [-0.25, -0.2) is 4.79 Å².